The fourth-order valence-electron chi connectivity index (χ4n) is 3.62. The maximum Gasteiger partial charge on any atom is 0.0619 e. The van der Waals surface area contributed by atoms with Gasteiger partial charge in [-0.25, -0.2) is 0 Å². The average molecular weight is 195 g/mol. The monoisotopic (exact) mass is 195 g/mol. The molecule has 80 valence electrons. The number of rotatable bonds is 2. The molecule has 3 fully saturated rings. The number of nitrogens with one attached hydrogen (secondary N) is 1. The molecule has 0 aromatic carbocycles. The molecule has 0 aromatic rings. The minimum Gasteiger partial charge on any atom is -0.380 e. The molecule has 3 aliphatic rings. The molecule has 0 spiro atoms. The van der Waals surface area contributed by atoms with Gasteiger partial charge in [0.1, 0.15) is 0 Å². The van der Waals surface area contributed by atoms with Crippen LogP contribution in [-0.2, 0) is 4.74 Å². The van der Waals surface area contributed by atoms with Crippen molar-refractivity contribution in [3.63, 3.8) is 0 Å². The van der Waals surface area contributed by atoms with Gasteiger partial charge in [0.15, 0.2) is 0 Å². The molecule has 3 unspecified atom stereocenters. The lowest BCUT2D eigenvalue weighted by Crippen LogP contribution is -2.45. The van der Waals surface area contributed by atoms with E-state index in [1.807, 2.05) is 0 Å². The van der Waals surface area contributed by atoms with E-state index in [1.165, 1.54) is 38.5 Å². The standard InChI is InChI=1S/C12H21NO/c1-2-11(8-14-5-1)13-12-7-9-3-4-10(12)6-9/h9-13H,1-8H2/t9?,10?,11-,12?/m0/s1. The van der Waals surface area contributed by atoms with E-state index in [0.717, 1.165) is 31.1 Å². The van der Waals surface area contributed by atoms with Crippen molar-refractivity contribution in [1.82, 2.24) is 5.32 Å². The summed E-state index contributed by atoms with van der Waals surface area (Å²) in [6.45, 7) is 1.93. The Balaban J connectivity index is 1.52. The van der Waals surface area contributed by atoms with Crippen LogP contribution < -0.4 is 5.32 Å². The van der Waals surface area contributed by atoms with Crippen molar-refractivity contribution in [2.75, 3.05) is 13.2 Å². The Labute approximate surface area is 86.4 Å². The van der Waals surface area contributed by atoms with Gasteiger partial charge < -0.3 is 10.1 Å². The summed E-state index contributed by atoms with van der Waals surface area (Å²) in [4.78, 5) is 0. The predicted molar refractivity (Wildman–Crippen MR) is 56.2 cm³/mol. The Hall–Kier alpha value is -0.0800. The first-order valence-corrected chi connectivity index (χ1v) is 6.25. The molecule has 1 N–H and O–H groups in total. The van der Waals surface area contributed by atoms with Crippen LogP contribution in [0.4, 0.5) is 0 Å². The van der Waals surface area contributed by atoms with Crippen molar-refractivity contribution in [2.45, 2.75) is 50.6 Å². The number of ether oxygens (including phenoxy) is 1. The van der Waals surface area contributed by atoms with Gasteiger partial charge in [0.2, 0.25) is 0 Å². The fourth-order valence-corrected chi connectivity index (χ4v) is 3.62. The molecule has 4 atom stereocenters. The molecule has 0 amide bonds. The van der Waals surface area contributed by atoms with E-state index in [4.69, 9.17) is 4.74 Å². The SMILES string of the molecule is C1COC[C@@H](NC2CC3CCC2C3)C1. The van der Waals surface area contributed by atoms with Gasteiger partial charge in [-0.3, -0.25) is 0 Å². The van der Waals surface area contributed by atoms with Crippen LogP contribution >= 0.6 is 0 Å². The Morgan fingerprint density at radius 1 is 1.07 bits per heavy atom. The van der Waals surface area contributed by atoms with E-state index in [1.54, 1.807) is 0 Å². The van der Waals surface area contributed by atoms with E-state index in [-0.39, 0.29) is 0 Å². The molecule has 2 nitrogen and oxygen atoms in total. The van der Waals surface area contributed by atoms with Gasteiger partial charge in [0, 0.05) is 18.7 Å². The molecular formula is C12H21NO. The summed E-state index contributed by atoms with van der Waals surface area (Å²) in [5.41, 5.74) is 0. The second-order valence-corrected chi connectivity index (χ2v) is 5.36. The second kappa shape index (κ2) is 3.82. The summed E-state index contributed by atoms with van der Waals surface area (Å²) < 4.78 is 5.51. The minimum atomic E-state index is 0.660. The van der Waals surface area contributed by atoms with Crippen LogP contribution in [-0.4, -0.2) is 25.3 Å². The van der Waals surface area contributed by atoms with Gasteiger partial charge in [0.25, 0.3) is 0 Å². The molecule has 0 radical (unpaired) electrons. The topological polar surface area (TPSA) is 21.3 Å². The zero-order valence-electron chi connectivity index (χ0n) is 8.87. The van der Waals surface area contributed by atoms with E-state index in [0.29, 0.717) is 6.04 Å². The second-order valence-electron chi connectivity index (χ2n) is 5.36. The maximum absolute atomic E-state index is 5.51. The van der Waals surface area contributed by atoms with Crippen LogP contribution in [0.3, 0.4) is 0 Å². The first-order chi connectivity index (χ1) is 6.92. The van der Waals surface area contributed by atoms with Crippen molar-refractivity contribution in [3.8, 4) is 0 Å². The maximum atomic E-state index is 5.51. The van der Waals surface area contributed by atoms with Crippen molar-refractivity contribution in [2.24, 2.45) is 11.8 Å². The lowest BCUT2D eigenvalue weighted by atomic mass is 9.94. The third-order valence-corrected chi connectivity index (χ3v) is 4.35. The first kappa shape index (κ1) is 9.17. The highest BCUT2D eigenvalue weighted by Gasteiger charge is 2.40. The van der Waals surface area contributed by atoms with Gasteiger partial charge >= 0.3 is 0 Å². The minimum absolute atomic E-state index is 0.660. The first-order valence-electron chi connectivity index (χ1n) is 6.25. The molecule has 0 aromatic heterocycles. The average Bonchev–Trinajstić information content (AvgIpc) is 2.81. The fraction of sp³-hybridized carbons (Fsp3) is 1.00. The molecule has 1 saturated heterocycles. The van der Waals surface area contributed by atoms with Crippen LogP contribution in [0.2, 0.25) is 0 Å². The Kier molecular flexibility index (Phi) is 2.50. The van der Waals surface area contributed by atoms with Gasteiger partial charge in [-0.2, -0.15) is 0 Å². The van der Waals surface area contributed by atoms with E-state index in [9.17, 15) is 0 Å². The number of fused-ring (bicyclic) bond motifs is 2. The van der Waals surface area contributed by atoms with Crippen molar-refractivity contribution in [3.05, 3.63) is 0 Å². The predicted octanol–water partition coefficient (Wildman–Crippen LogP) is 1.94. The van der Waals surface area contributed by atoms with Crippen LogP contribution in [0.15, 0.2) is 0 Å². The Morgan fingerprint density at radius 2 is 2.07 bits per heavy atom. The summed E-state index contributed by atoms with van der Waals surface area (Å²) in [7, 11) is 0. The lowest BCUT2D eigenvalue weighted by Gasteiger charge is -2.30. The van der Waals surface area contributed by atoms with Gasteiger partial charge in [-0.05, 0) is 43.9 Å². The Morgan fingerprint density at radius 3 is 2.71 bits per heavy atom. The molecule has 1 aliphatic heterocycles. The van der Waals surface area contributed by atoms with Crippen LogP contribution in [0.25, 0.3) is 0 Å². The van der Waals surface area contributed by atoms with E-state index < -0.39 is 0 Å². The molecule has 14 heavy (non-hydrogen) atoms. The van der Waals surface area contributed by atoms with Crippen LogP contribution in [0, 0.1) is 11.8 Å². The summed E-state index contributed by atoms with van der Waals surface area (Å²) in [5, 5.41) is 3.82. The molecule has 3 rings (SSSR count). The summed E-state index contributed by atoms with van der Waals surface area (Å²) in [6.07, 6.45) is 8.51. The van der Waals surface area contributed by atoms with Crippen molar-refractivity contribution >= 4 is 0 Å². The number of hydrogen-bond acceptors (Lipinski definition) is 2. The smallest absolute Gasteiger partial charge is 0.0619 e. The molecular weight excluding hydrogens is 174 g/mol. The van der Waals surface area contributed by atoms with Crippen LogP contribution in [0.1, 0.15) is 38.5 Å². The quantitative estimate of drug-likeness (QED) is 0.727. The molecule has 2 heteroatoms. The molecule has 2 aliphatic carbocycles. The largest absolute Gasteiger partial charge is 0.380 e. The summed E-state index contributed by atoms with van der Waals surface area (Å²) >= 11 is 0. The number of hydrogen-bond donors (Lipinski definition) is 1. The zero-order valence-corrected chi connectivity index (χ0v) is 8.87. The van der Waals surface area contributed by atoms with Crippen molar-refractivity contribution in [1.29, 1.82) is 0 Å². The molecule has 1 heterocycles. The third-order valence-electron chi connectivity index (χ3n) is 4.35. The highest BCUT2D eigenvalue weighted by Crippen LogP contribution is 2.44. The van der Waals surface area contributed by atoms with Gasteiger partial charge in [-0.1, -0.05) is 6.42 Å². The normalized spacial score (nSPS) is 47.1. The summed E-state index contributed by atoms with van der Waals surface area (Å²) in [5.74, 6) is 2.06. The third kappa shape index (κ3) is 1.70. The Bertz CT molecular complexity index is 200. The highest BCUT2D eigenvalue weighted by molar-refractivity contribution is 4.95. The van der Waals surface area contributed by atoms with Crippen molar-refractivity contribution < 1.29 is 4.74 Å². The summed E-state index contributed by atoms with van der Waals surface area (Å²) in [6, 6.07) is 1.49. The van der Waals surface area contributed by atoms with Crippen LogP contribution in [0.5, 0.6) is 0 Å². The lowest BCUT2D eigenvalue weighted by molar-refractivity contribution is 0.0632. The zero-order chi connectivity index (χ0) is 9.38. The molecule has 2 bridgehead atoms. The molecule has 2 saturated carbocycles. The van der Waals surface area contributed by atoms with E-state index >= 15 is 0 Å². The van der Waals surface area contributed by atoms with Gasteiger partial charge in [-0.15, -0.1) is 0 Å². The van der Waals surface area contributed by atoms with Gasteiger partial charge in [0.05, 0.1) is 6.61 Å². The highest BCUT2D eigenvalue weighted by atomic mass is 16.5. The van der Waals surface area contributed by atoms with E-state index in [2.05, 4.69) is 5.32 Å².